The van der Waals surface area contributed by atoms with Gasteiger partial charge in [0.1, 0.15) is 24.0 Å². The first-order valence-corrected chi connectivity index (χ1v) is 10.4. The summed E-state index contributed by atoms with van der Waals surface area (Å²) in [7, 11) is 0. The average molecular weight is 424 g/mol. The molecule has 2 saturated heterocycles. The zero-order valence-electron chi connectivity index (χ0n) is 17.0. The molecule has 1 amide bonds. The van der Waals surface area contributed by atoms with Crippen LogP contribution in [-0.2, 0) is 0 Å². The van der Waals surface area contributed by atoms with Crippen molar-refractivity contribution in [2.75, 3.05) is 6.61 Å². The summed E-state index contributed by atoms with van der Waals surface area (Å²) in [5.74, 6) is 0.240. The second kappa shape index (κ2) is 7.76. The maximum Gasteiger partial charge on any atom is 0.256 e. The van der Waals surface area contributed by atoms with Gasteiger partial charge in [0, 0.05) is 6.04 Å². The number of aromatic nitrogens is 3. The third-order valence-corrected chi connectivity index (χ3v) is 6.54. The topological polar surface area (TPSA) is 60.2 Å². The maximum atomic E-state index is 14.1. The minimum atomic E-state index is -0.491. The van der Waals surface area contributed by atoms with Crippen molar-refractivity contribution in [1.29, 1.82) is 0 Å². The highest BCUT2D eigenvalue weighted by atomic mass is 19.1. The molecule has 1 unspecified atom stereocenters. The Bertz CT molecular complexity index is 1080. The standard InChI is InChI=1S/C23H22F2N4O2/c1-14-15-10-18(11-15)28(22(14)13-31-19-5-2-16(24)3-6-19)23(30)20-12-17(25)4-7-21(20)29-26-8-9-27-29/h2-9,12,14-15,18,22H,10-11,13H2,1H3/t14-,15?,18?,22?/m0/s1. The second-order valence-electron chi connectivity index (χ2n) is 8.27. The molecule has 3 heterocycles. The van der Waals surface area contributed by atoms with Crippen molar-refractivity contribution in [3.8, 4) is 11.4 Å². The van der Waals surface area contributed by atoms with Crippen LogP contribution >= 0.6 is 0 Å². The molecule has 2 atom stereocenters. The van der Waals surface area contributed by atoms with Crippen LogP contribution in [-0.4, -0.2) is 44.5 Å². The molecule has 2 aliphatic heterocycles. The fraction of sp³-hybridized carbons (Fsp3) is 0.348. The highest BCUT2D eigenvalue weighted by Gasteiger charge is 2.51. The number of hydrogen-bond acceptors (Lipinski definition) is 4. The van der Waals surface area contributed by atoms with Gasteiger partial charge < -0.3 is 9.64 Å². The van der Waals surface area contributed by atoms with Crippen LogP contribution < -0.4 is 4.74 Å². The molecule has 1 aromatic heterocycles. The number of ether oxygens (including phenoxy) is 1. The van der Waals surface area contributed by atoms with E-state index < -0.39 is 5.82 Å². The summed E-state index contributed by atoms with van der Waals surface area (Å²) >= 11 is 0. The maximum absolute atomic E-state index is 14.1. The van der Waals surface area contributed by atoms with Gasteiger partial charge in [0.15, 0.2) is 0 Å². The fourth-order valence-corrected chi connectivity index (χ4v) is 4.72. The van der Waals surface area contributed by atoms with Gasteiger partial charge >= 0.3 is 0 Å². The smallest absolute Gasteiger partial charge is 0.256 e. The summed E-state index contributed by atoms with van der Waals surface area (Å²) in [6.07, 6.45) is 4.89. The van der Waals surface area contributed by atoms with Crippen LogP contribution in [0.1, 0.15) is 30.1 Å². The van der Waals surface area contributed by atoms with Crippen molar-refractivity contribution < 1.29 is 18.3 Å². The van der Waals surface area contributed by atoms with Gasteiger partial charge in [-0.2, -0.15) is 15.0 Å². The number of amides is 1. The van der Waals surface area contributed by atoms with Crippen LogP contribution in [0.5, 0.6) is 5.75 Å². The first-order valence-electron chi connectivity index (χ1n) is 10.4. The summed E-state index contributed by atoms with van der Waals surface area (Å²) < 4.78 is 33.2. The van der Waals surface area contributed by atoms with Crippen molar-refractivity contribution >= 4 is 5.91 Å². The number of benzene rings is 2. The summed E-state index contributed by atoms with van der Waals surface area (Å²) in [5, 5.41) is 8.21. The zero-order valence-corrected chi connectivity index (χ0v) is 17.0. The Labute approximate surface area is 178 Å². The Morgan fingerprint density at radius 3 is 2.45 bits per heavy atom. The average Bonchev–Trinajstić information content (AvgIpc) is 3.27. The van der Waals surface area contributed by atoms with Crippen LogP contribution in [0, 0.1) is 23.5 Å². The van der Waals surface area contributed by atoms with E-state index in [-0.39, 0.29) is 41.9 Å². The molecule has 3 aliphatic rings. The molecule has 3 fully saturated rings. The van der Waals surface area contributed by atoms with Crippen molar-refractivity contribution in [3.05, 3.63) is 72.1 Å². The Kier molecular flexibility index (Phi) is 4.92. The molecule has 31 heavy (non-hydrogen) atoms. The minimum Gasteiger partial charge on any atom is -0.491 e. The van der Waals surface area contributed by atoms with Crippen molar-refractivity contribution in [1.82, 2.24) is 19.9 Å². The number of rotatable bonds is 5. The van der Waals surface area contributed by atoms with Crippen LogP contribution in [0.25, 0.3) is 5.69 Å². The van der Waals surface area contributed by atoms with Crippen LogP contribution in [0.15, 0.2) is 54.9 Å². The van der Waals surface area contributed by atoms with Crippen LogP contribution in [0.2, 0.25) is 0 Å². The lowest BCUT2D eigenvalue weighted by molar-refractivity contribution is -0.0671. The fourth-order valence-electron chi connectivity index (χ4n) is 4.72. The molecule has 3 aromatic rings. The number of hydrogen-bond donors (Lipinski definition) is 0. The van der Waals surface area contributed by atoms with Gasteiger partial charge in [-0.05, 0) is 67.1 Å². The molecule has 0 N–H and O–H groups in total. The number of carbonyl (C=O) groups is 1. The minimum absolute atomic E-state index is 0.0946. The van der Waals surface area contributed by atoms with Crippen LogP contribution in [0.3, 0.4) is 0 Å². The predicted octanol–water partition coefficient (Wildman–Crippen LogP) is 3.86. The largest absolute Gasteiger partial charge is 0.491 e. The van der Waals surface area contributed by atoms with Crippen molar-refractivity contribution in [3.63, 3.8) is 0 Å². The molecule has 0 radical (unpaired) electrons. The second-order valence-corrected chi connectivity index (χ2v) is 8.27. The Balaban J connectivity index is 1.45. The molecule has 160 valence electrons. The number of carbonyl (C=O) groups excluding carboxylic acids is 1. The van der Waals surface area contributed by atoms with Gasteiger partial charge in [-0.25, -0.2) is 8.78 Å². The normalized spacial score (nSPS) is 24.5. The Hall–Kier alpha value is -3.29. The summed E-state index contributed by atoms with van der Waals surface area (Å²) in [6, 6.07) is 9.81. The van der Waals surface area contributed by atoms with Crippen LogP contribution in [0.4, 0.5) is 8.78 Å². The predicted molar refractivity (Wildman–Crippen MR) is 109 cm³/mol. The quantitative estimate of drug-likeness (QED) is 0.624. The molecule has 1 saturated carbocycles. The van der Waals surface area contributed by atoms with E-state index in [1.54, 1.807) is 12.1 Å². The molecule has 2 aromatic carbocycles. The first-order chi connectivity index (χ1) is 15.0. The molecule has 6 nitrogen and oxygen atoms in total. The monoisotopic (exact) mass is 424 g/mol. The van der Waals surface area contributed by atoms with E-state index >= 15 is 0 Å². The van der Waals surface area contributed by atoms with E-state index in [2.05, 4.69) is 17.1 Å². The number of nitrogens with zero attached hydrogens (tertiary/aromatic N) is 4. The Morgan fingerprint density at radius 1 is 1.06 bits per heavy atom. The highest BCUT2D eigenvalue weighted by molar-refractivity contribution is 5.98. The molecular weight excluding hydrogens is 402 g/mol. The lowest BCUT2D eigenvalue weighted by Crippen LogP contribution is -2.64. The molecule has 1 aliphatic carbocycles. The van der Waals surface area contributed by atoms with E-state index in [4.69, 9.17) is 4.74 Å². The summed E-state index contributed by atoms with van der Waals surface area (Å²) in [4.78, 5) is 16.9. The van der Waals surface area contributed by atoms with Crippen molar-refractivity contribution in [2.45, 2.75) is 31.8 Å². The zero-order chi connectivity index (χ0) is 21.5. The van der Waals surface area contributed by atoms with E-state index in [1.165, 1.54) is 47.5 Å². The third kappa shape index (κ3) is 3.56. The molecule has 8 heteroatoms. The van der Waals surface area contributed by atoms with E-state index in [0.29, 0.717) is 17.4 Å². The van der Waals surface area contributed by atoms with Gasteiger partial charge in [0.05, 0.1) is 29.7 Å². The number of halogens is 2. The third-order valence-electron chi connectivity index (χ3n) is 6.54. The molecular formula is C23H22F2N4O2. The lowest BCUT2D eigenvalue weighted by atomic mass is 9.64. The van der Waals surface area contributed by atoms with Crippen molar-refractivity contribution in [2.24, 2.45) is 11.8 Å². The van der Waals surface area contributed by atoms with E-state index in [9.17, 15) is 13.6 Å². The van der Waals surface area contributed by atoms with E-state index in [1.807, 2.05) is 4.90 Å². The van der Waals surface area contributed by atoms with E-state index in [0.717, 1.165) is 12.8 Å². The Morgan fingerprint density at radius 2 is 1.74 bits per heavy atom. The van der Waals surface area contributed by atoms with Gasteiger partial charge in [0.25, 0.3) is 5.91 Å². The highest BCUT2D eigenvalue weighted by Crippen LogP contribution is 2.47. The molecule has 6 rings (SSSR count). The lowest BCUT2D eigenvalue weighted by Gasteiger charge is -2.57. The van der Waals surface area contributed by atoms with Gasteiger partial charge in [0.2, 0.25) is 0 Å². The van der Waals surface area contributed by atoms with Gasteiger partial charge in [-0.15, -0.1) is 0 Å². The van der Waals surface area contributed by atoms with Gasteiger partial charge in [-0.3, -0.25) is 4.79 Å². The SMILES string of the molecule is C[C@H]1C2CC(C2)N(C(=O)c2cc(F)ccc2-n2nccn2)C1COc1ccc(F)cc1. The first kappa shape index (κ1) is 19.7. The molecule has 0 spiro atoms. The summed E-state index contributed by atoms with van der Waals surface area (Å²) in [5.41, 5.74) is 0.657. The summed E-state index contributed by atoms with van der Waals surface area (Å²) in [6.45, 7) is 2.41. The molecule has 2 bridgehead atoms. The number of piperidine rings is 2. The number of fused-ring (bicyclic) bond motifs is 2. The van der Waals surface area contributed by atoms with Gasteiger partial charge in [-0.1, -0.05) is 6.92 Å².